The quantitative estimate of drug-likeness (QED) is 0.192. The van der Waals surface area contributed by atoms with Crippen LogP contribution in [0.2, 0.25) is 0 Å². The van der Waals surface area contributed by atoms with Crippen molar-refractivity contribution < 1.29 is 120 Å². The number of aldehydes is 1. The summed E-state index contributed by atoms with van der Waals surface area (Å²) in [5, 5.41) is 0. The van der Waals surface area contributed by atoms with Crippen molar-refractivity contribution in [3.8, 4) is 0 Å². The van der Waals surface area contributed by atoms with Crippen LogP contribution >= 0.6 is 0 Å². The number of halogens is 23. The Morgan fingerprint density at radius 3 is 0.872 bits per heavy atom. The number of hydrogen-bond donors (Lipinski definition) is 0. The third kappa shape index (κ3) is 6.17. The van der Waals surface area contributed by atoms with Crippen LogP contribution in [-0.2, 0) is 19.0 Å². The normalized spacial score (nSPS) is 20.2. The molecule has 0 aromatic rings. The second-order valence-electron chi connectivity index (χ2n) is 6.38. The number of alkyl halides is 23. The van der Waals surface area contributed by atoms with Crippen molar-refractivity contribution in [3.63, 3.8) is 0 Å². The van der Waals surface area contributed by atoms with E-state index in [0.29, 0.717) is 0 Å². The average molecular weight is 646 g/mol. The molecule has 0 N–H and O–H groups in total. The van der Waals surface area contributed by atoms with Crippen LogP contribution in [0.1, 0.15) is 0 Å². The van der Waals surface area contributed by atoms with Gasteiger partial charge in [0.1, 0.15) is 0 Å². The Balaban J connectivity index is 7.16. The maximum Gasteiger partial charge on any atom is 0.462 e. The van der Waals surface area contributed by atoms with E-state index in [0.717, 1.165) is 9.47 Å². The molecule has 0 rings (SSSR count). The van der Waals surface area contributed by atoms with E-state index in [9.17, 15) is 106 Å². The zero-order valence-electron chi connectivity index (χ0n) is 16.4. The lowest BCUT2D eigenvalue weighted by Gasteiger charge is -2.42. The Kier molecular flexibility index (Phi) is 9.00. The fraction of sp³-hybridized carbons (Fsp3) is 0.917. The molecule has 27 heteroatoms. The van der Waals surface area contributed by atoms with Crippen LogP contribution < -0.4 is 0 Å². The summed E-state index contributed by atoms with van der Waals surface area (Å²) < 4.78 is 299. The predicted molar refractivity (Wildman–Crippen MR) is 64.8 cm³/mol. The van der Waals surface area contributed by atoms with Gasteiger partial charge in [-0.2, -0.15) is 101 Å². The van der Waals surface area contributed by atoms with Crippen molar-refractivity contribution in [2.45, 2.75) is 66.5 Å². The molecule has 0 heterocycles. The first-order valence-corrected chi connectivity index (χ1v) is 7.85. The molecule has 0 aliphatic carbocycles. The molecule has 0 aliphatic rings. The van der Waals surface area contributed by atoms with Gasteiger partial charge in [0.2, 0.25) is 0 Å². The lowest BCUT2D eigenvalue weighted by atomic mass is 10.2. The fourth-order valence-electron chi connectivity index (χ4n) is 1.61. The molecule has 39 heavy (non-hydrogen) atoms. The Morgan fingerprint density at radius 1 is 0.359 bits per heavy atom. The predicted octanol–water partition coefficient (Wildman–Crippen LogP) is 6.90. The lowest BCUT2D eigenvalue weighted by Crippen LogP contribution is -2.70. The first kappa shape index (κ1) is 36.9. The highest BCUT2D eigenvalue weighted by Gasteiger charge is 2.88. The van der Waals surface area contributed by atoms with E-state index in [-0.39, 0.29) is 0 Å². The van der Waals surface area contributed by atoms with Crippen LogP contribution in [0.25, 0.3) is 0 Å². The maximum absolute atomic E-state index is 13.9. The summed E-state index contributed by atoms with van der Waals surface area (Å²) >= 11 is 0. The molecule has 234 valence electrons. The molecule has 0 amide bonds. The van der Waals surface area contributed by atoms with Gasteiger partial charge < -0.3 is 0 Å². The molecule has 0 fully saturated rings. The van der Waals surface area contributed by atoms with Crippen LogP contribution in [0.3, 0.4) is 0 Å². The van der Waals surface area contributed by atoms with E-state index in [1.807, 2.05) is 0 Å². The molecule has 0 aromatic carbocycles. The van der Waals surface area contributed by atoms with Gasteiger partial charge in [-0.3, -0.25) is 19.0 Å². The van der Waals surface area contributed by atoms with Gasteiger partial charge in [-0.25, -0.2) is 0 Å². The highest BCUT2D eigenvalue weighted by molar-refractivity contribution is 5.61. The van der Waals surface area contributed by atoms with E-state index in [1.54, 1.807) is 0 Å². The van der Waals surface area contributed by atoms with Crippen molar-refractivity contribution in [2.75, 3.05) is 0 Å². The van der Waals surface area contributed by atoms with Crippen molar-refractivity contribution in [1.82, 2.24) is 0 Å². The van der Waals surface area contributed by atoms with Gasteiger partial charge in [0.15, 0.2) is 6.29 Å². The van der Waals surface area contributed by atoms with Crippen LogP contribution in [0.5, 0.6) is 0 Å². The standard InChI is InChI=1S/C12HF23O4/c13-2(1-36,6(18,19)20)37-11(32,33)4(16,8(24,25)26)39-12(34,35)5(17,9(27,28)29)38-10(30,31)3(14,15)7(21,22)23/h1H. The molecular formula is C12HF23O4. The van der Waals surface area contributed by atoms with Crippen LogP contribution in [0.4, 0.5) is 101 Å². The first-order valence-electron chi connectivity index (χ1n) is 7.85. The SMILES string of the molecule is O=CC(F)(OC(F)(F)C(F)(OC(F)(F)C(F)(OC(F)(F)C(F)(F)C(F)(F)F)C(F)(F)F)C(F)(F)F)C(F)(F)F. The minimum Gasteiger partial charge on any atom is -0.297 e. The molecule has 4 nitrogen and oxygen atoms in total. The Bertz CT molecular complexity index is 883. The molecule has 0 saturated carbocycles. The summed E-state index contributed by atoms with van der Waals surface area (Å²) in [5.74, 6) is -32.3. The number of carbonyl (C=O) groups is 1. The van der Waals surface area contributed by atoms with Crippen molar-refractivity contribution in [1.29, 1.82) is 0 Å². The largest absolute Gasteiger partial charge is 0.462 e. The number of carbonyl (C=O) groups excluding carboxylic acids is 1. The second-order valence-corrected chi connectivity index (χ2v) is 6.38. The van der Waals surface area contributed by atoms with Crippen LogP contribution in [0, 0.1) is 0 Å². The van der Waals surface area contributed by atoms with Gasteiger partial charge in [0.25, 0.3) is 0 Å². The van der Waals surface area contributed by atoms with Gasteiger partial charge in [-0.05, 0) is 0 Å². The maximum atomic E-state index is 13.9. The van der Waals surface area contributed by atoms with Crippen LogP contribution in [0.15, 0.2) is 0 Å². The Morgan fingerprint density at radius 2 is 0.641 bits per heavy atom. The van der Waals surface area contributed by atoms with Crippen molar-refractivity contribution >= 4 is 6.29 Å². The van der Waals surface area contributed by atoms with Crippen molar-refractivity contribution in [2.24, 2.45) is 0 Å². The number of hydrogen-bond acceptors (Lipinski definition) is 4. The minimum absolute atomic E-state index is 0.994. The zero-order valence-corrected chi connectivity index (χ0v) is 16.4. The lowest BCUT2D eigenvalue weighted by molar-refractivity contribution is -0.577. The smallest absolute Gasteiger partial charge is 0.297 e. The minimum atomic E-state index is -8.70. The third-order valence-corrected chi connectivity index (χ3v) is 3.55. The second kappa shape index (κ2) is 9.51. The molecule has 3 unspecified atom stereocenters. The van der Waals surface area contributed by atoms with Gasteiger partial charge in [-0.1, -0.05) is 0 Å². The van der Waals surface area contributed by atoms with Gasteiger partial charge in [0, 0.05) is 0 Å². The molecule has 0 saturated heterocycles. The highest BCUT2D eigenvalue weighted by Crippen LogP contribution is 2.59. The number of ether oxygens (including phenoxy) is 3. The first-order chi connectivity index (χ1) is 16.4. The summed E-state index contributed by atoms with van der Waals surface area (Å²) in [5.41, 5.74) is 0. The average Bonchev–Trinajstić information content (AvgIpc) is 2.62. The van der Waals surface area contributed by atoms with Gasteiger partial charge in [-0.15, -0.1) is 0 Å². The fourth-order valence-corrected chi connectivity index (χ4v) is 1.61. The molecule has 3 atom stereocenters. The molecule has 0 aromatic heterocycles. The summed E-state index contributed by atoms with van der Waals surface area (Å²) in [4.78, 5) is 10.0. The summed E-state index contributed by atoms with van der Waals surface area (Å²) in [6, 6.07) is 0. The van der Waals surface area contributed by atoms with E-state index in [4.69, 9.17) is 0 Å². The van der Waals surface area contributed by atoms with Gasteiger partial charge in [0.05, 0.1) is 0 Å². The van der Waals surface area contributed by atoms with Crippen LogP contribution in [-0.4, -0.2) is 72.8 Å². The summed E-state index contributed by atoms with van der Waals surface area (Å²) in [6.07, 6.45) is -59.7. The summed E-state index contributed by atoms with van der Waals surface area (Å²) in [6.45, 7) is 0. The zero-order chi connectivity index (χ0) is 32.3. The molecule has 0 bridgehead atoms. The Labute approximate surface area is 194 Å². The highest BCUT2D eigenvalue weighted by atomic mass is 19.4. The van der Waals surface area contributed by atoms with E-state index >= 15 is 0 Å². The van der Waals surface area contributed by atoms with Crippen molar-refractivity contribution in [3.05, 3.63) is 0 Å². The third-order valence-electron chi connectivity index (χ3n) is 3.55. The Hall–Kier alpha value is -2.06. The van der Waals surface area contributed by atoms with E-state index in [1.165, 1.54) is 4.74 Å². The number of rotatable bonds is 10. The summed E-state index contributed by atoms with van der Waals surface area (Å²) in [7, 11) is 0. The monoisotopic (exact) mass is 646 g/mol. The molecule has 0 radical (unpaired) electrons. The topological polar surface area (TPSA) is 44.8 Å². The molecular weight excluding hydrogens is 645 g/mol. The van der Waals surface area contributed by atoms with E-state index in [2.05, 4.69) is 0 Å². The van der Waals surface area contributed by atoms with Gasteiger partial charge >= 0.3 is 66.5 Å². The molecule has 0 aliphatic heterocycles. The van der Waals surface area contributed by atoms with E-state index < -0.39 is 72.8 Å². The molecule has 0 spiro atoms.